The molecule has 0 aliphatic heterocycles. The molecule has 1 aliphatic carbocycles. The van der Waals surface area contributed by atoms with E-state index in [1.54, 1.807) is 0 Å². The van der Waals surface area contributed by atoms with Crippen LogP contribution in [0.15, 0.2) is 30.3 Å². The smallest absolute Gasteiger partial charge is 0.241 e. The molecule has 18 heavy (non-hydrogen) atoms. The molecule has 1 aromatic carbocycles. The first-order chi connectivity index (χ1) is 8.66. The SMILES string of the molecule is N[C@H](C(=O)NC1CCCC(O)C1)c1ccccc1. The number of carbonyl (C=O) groups excluding carboxylic acids is 1. The Kier molecular flexibility index (Phi) is 4.33. The number of aliphatic hydroxyl groups is 1. The average Bonchev–Trinajstić information content (AvgIpc) is 2.39. The third kappa shape index (κ3) is 3.31. The number of amides is 1. The summed E-state index contributed by atoms with van der Waals surface area (Å²) in [6, 6.07) is 8.74. The number of hydrogen-bond donors (Lipinski definition) is 3. The Labute approximate surface area is 107 Å². The van der Waals surface area contributed by atoms with E-state index in [1.807, 2.05) is 30.3 Å². The molecule has 4 heteroatoms. The van der Waals surface area contributed by atoms with Crippen molar-refractivity contribution in [2.45, 2.75) is 43.9 Å². The molecule has 4 nitrogen and oxygen atoms in total. The predicted molar refractivity (Wildman–Crippen MR) is 69.8 cm³/mol. The van der Waals surface area contributed by atoms with Crippen LogP contribution in [0.5, 0.6) is 0 Å². The van der Waals surface area contributed by atoms with Crippen LogP contribution in [0.2, 0.25) is 0 Å². The topological polar surface area (TPSA) is 75.4 Å². The van der Waals surface area contributed by atoms with Crippen molar-refractivity contribution in [1.29, 1.82) is 0 Å². The van der Waals surface area contributed by atoms with Crippen molar-refractivity contribution in [1.82, 2.24) is 5.32 Å². The van der Waals surface area contributed by atoms with Gasteiger partial charge in [-0.3, -0.25) is 4.79 Å². The van der Waals surface area contributed by atoms with E-state index in [2.05, 4.69) is 5.32 Å². The van der Waals surface area contributed by atoms with E-state index in [9.17, 15) is 9.90 Å². The normalized spacial score (nSPS) is 25.4. The maximum absolute atomic E-state index is 12.0. The predicted octanol–water partition coefficient (Wildman–Crippen LogP) is 1.11. The summed E-state index contributed by atoms with van der Waals surface area (Å²) in [4.78, 5) is 12.0. The fourth-order valence-corrected chi connectivity index (χ4v) is 2.40. The van der Waals surface area contributed by atoms with Crippen LogP contribution in [0.1, 0.15) is 37.3 Å². The van der Waals surface area contributed by atoms with Crippen molar-refractivity contribution in [2.75, 3.05) is 0 Å². The van der Waals surface area contributed by atoms with Gasteiger partial charge in [-0.25, -0.2) is 0 Å². The maximum Gasteiger partial charge on any atom is 0.241 e. The van der Waals surface area contributed by atoms with Crippen LogP contribution in [-0.2, 0) is 4.79 Å². The summed E-state index contributed by atoms with van der Waals surface area (Å²) >= 11 is 0. The Morgan fingerprint density at radius 1 is 1.33 bits per heavy atom. The van der Waals surface area contributed by atoms with Crippen LogP contribution < -0.4 is 11.1 Å². The van der Waals surface area contributed by atoms with E-state index in [4.69, 9.17) is 5.73 Å². The van der Waals surface area contributed by atoms with Gasteiger partial charge in [0.1, 0.15) is 6.04 Å². The van der Waals surface area contributed by atoms with Gasteiger partial charge < -0.3 is 16.2 Å². The summed E-state index contributed by atoms with van der Waals surface area (Å²) in [6.07, 6.45) is 3.04. The minimum absolute atomic E-state index is 0.0519. The highest BCUT2D eigenvalue weighted by Gasteiger charge is 2.24. The van der Waals surface area contributed by atoms with Crippen molar-refractivity contribution in [3.05, 3.63) is 35.9 Å². The van der Waals surface area contributed by atoms with Crippen molar-refractivity contribution in [3.63, 3.8) is 0 Å². The second kappa shape index (κ2) is 5.98. The molecule has 3 atom stereocenters. The van der Waals surface area contributed by atoms with Gasteiger partial charge in [-0.1, -0.05) is 30.3 Å². The molecule has 1 fully saturated rings. The van der Waals surface area contributed by atoms with Crippen LogP contribution in [0.4, 0.5) is 0 Å². The highest BCUT2D eigenvalue weighted by atomic mass is 16.3. The fourth-order valence-electron chi connectivity index (χ4n) is 2.40. The molecular formula is C14H20N2O2. The Bertz CT molecular complexity index is 394. The minimum Gasteiger partial charge on any atom is -0.393 e. The minimum atomic E-state index is -0.634. The van der Waals surface area contributed by atoms with Crippen LogP contribution in [0.25, 0.3) is 0 Å². The summed E-state index contributed by atoms with van der Waals surface area (Å²) in [5.74, 6) is -0.166. The summed E-state index contributed by atoms with van der Waals surface area (Å²) in [7, 11) is 0. The first-order valence-corrected chi connectivity index (χ1v) is 6.46. The standard InChI is InChI=1S/C14H20N2O2/c15-13(10-5-2-1-3-6-10)14(18)16-11-7-4-8-12(17)9-11/h1-3,5-6,11-13,17H,4,7-9,15H2,(H,16,18)/t11?,12?,13-/m0/s1. The first-order valence-electron chi connectivity index (χ1n) is 6.46. The van der Waals surface area contributed by atoms with E-state index >= 15 is 0 Å². The lowest BCUT2D eigenvalue weighted by Crippen LogP contribution is -2.43. The number of aliphatic hydroxyl groups excluding tert-OH is 1. The number of nitrogens with one attached hydrogen (secondary N) is 1. The Morgan fingerprint density at radius 3 is 2.72 bits per heavy atom. The van der Waals surface area contributed by atoms with Gasteiger partial charge in [0.05, 0.1) is 6.10 Å². The van der Waals surface area contributed by atoms with Crippen LogP contribution >= 0.6 is 0 Å². The molecule has 0 spiro atoms. The Balaban J connectivity index is 1.91. The molecule has 0 bridgehead atoms. The molecule has 4 N–H and O–H groups in total. The van der Waals surface area contributed by atoms with Crippen molar-refractivity contribution < 1.29 is 9.90 Å². The maximum atomic E-state index is 12.0. The summed E-state index contributed by atoms with van der Waals surface area (Å²) in [5.41, 5.74) is 6.73. The quantitative estimate of drug-likeness (QED) is 0.750. The lowest BCUT2D eigenvalue weighted by Gasteiger charge is -2.27. The highest BCUT2D eigenvalue weighted by Crippen LogP contribution is 2.19. The molecule has 0 heterocycles. The average molecular weight is 248 g/mol. The van der Waals surface area contributed by atoms with Gasteiger partial charge in [-0.05, 0) is 31.2 Å². The lowest BCUT2D eigenvalue weighted by atomic mass is 9.92. The van der Waals surface area contributed by atoms with E-state index in [1.165, 1.54) is 0 Å². The van der Waals surface area contributed by atoms with Crippen molar-refractivity contribution in [3.8, 4) is 0 Å². The lowest BCUT2D eigenvalue weighted by molar-refractivity contribution is -0.123. The van der Waals surface area contributed by atoms with Crippen LogP contribution in [-0.4, -0.2) is 23.2 Å². The zero-order valence-corrected chi connectivity index (χ0v) is 10.4. The van der Waals surface area contributed by atoms with Crippen molar-refractivity contribution >= 4 is 5.91 Å². The van der Waals surface area contributed by atoms with Gasteiger partial charge in [0, 0.05) is 6.04 Å². The van der Waals surface area contributed by atoms with E-state index in [0.29, 0.717) is 6.42 Å². The Hall–Kier alpha value is -1.39. The van der Waals surface area contributed by atoms with Gasteiger partial charge in [0.25, 0.3) is 0 Å². The van der Waals surface area contributed by atoms with E-state index < -0.39 is 6.04 Å². The molecule has 0 aromatic heterocycles. The van der Waals surface area contributed by atoms with Crippen LogP contribution in [0, 0.1) is 0 Å². The second-order valence-electron chi connectivity index (χ2n) is 4.91. The fraction of sp³-hybridized carbons (Fsp3) is 0.500. The summed E-state index contributed by atoms with van der Waals surface area (Å²) in [6.45, 7) is 0. The molecule has 1 aromatic rings. The molecular weight excluding hydrogens is 228 g/mol. The second-order valence-corrected chi connectivity index (χ2v) is 4.91. The number of benzene rings is 1. The van der Waals surface area contributed by atoms with Gasteiger partial charge in [0.2, 0.25) is 5.91 Å². The molecule has 2 rings (SSSR count). The molecule has 0 saturated heterocycles. The van der Waals surface area contributed by atoms with E-state index in [0.717, 1.165) is 24.8 Å². The highest BCUT2D eigenvalue weighted by molar-refractivity contribution is 5.83. The van der Waals surface area contributed by atoms with E-state index in [-0.39, 0.29) is 18.1 Å². The summed E-state index contributed by atoms with van der Waals surface area (Å²) in [5, 5.41) is 12.5. The molecule has 1 aliphatic rings. The molecule has 1 saturated carbocycles. The number of rotatable bonds is 3. The molecule has 2 unspecified atom stereocenters. The molecule has 98 valence electrons. The third-order valence-electron chi connectivity index (χ3n) is 3.43. The third-order valence-corrected chi connectivity index (χ3v) is 3.43. The molecule has 0 radical (unpaired) electrons. The Morgan fingerprint density at radius 2 is 2.06 bits per heavy atom. The first kappa shape index (κ1) is 13.1. The number of hydrogen-bond acceptors (Lipinski definition) is 3. The molecule has 1 amide bonds. The monoisotopic (exact) mass is 248 g/mol. The number of nitrogens with two attached hydrogens (primary N) is 1. The largest absolute Gasteiger partial charge is 0.393 e. The van der Waals surface area contributed by atoms with Gasteiger partial charge in [-0.15, -0.1) is 0 Å². The van der Waals surface area contributed by atoms with Crippen molar-refractivity contribution in [2.24, 2.45) is 5.73 Å². The van der Waals surface area contributed by atoms with Gasteiger partial charge in [-0.2, -0.15) is 0 Å². The number of carbonyl (C=O) groups is 1. The zero-order valence-electron chi connectivity index (χ0n) is 10.4. The zero-order chi connectivity index (χ0) is 13.0. The van der Waals surface area contributed by atoms with Gasteiger partial charge >= 0.3 is 0 Å². The van der Waals surface area contributed by atoms with Crippen LogP contribution in [0.3, 0.4) is 0 Å². The van der Waals surface area contributed by atoms with Gasteiger partial charge in [0.15, 0.2) is 0 Å². The summed E-state index contributed by atoms with van der Waals surface area (Å²) < 4.78 is 0.